The smallest absolute Gasteiger partial charge is 0.206 e. The van der Waals surface area contributed by atoms with Gasteiger partial charge < -0.3 is 4.74 Å². The van der Waals surface area contributed by atoms with Gasteiger partial charge in [-0.05, 0) is 62.6 Å². The van der Waals surface area contributed by atoms with Gasteiger partial charge >= 0.3 is 0 Å². The van der Waals surface area contributed by atoms with Gasteiger partial charge in [0.1, 0.15) is 5.75 Å². The lowest BCUT2D eigenvalue weighted by atomic mass is 9.92. The van der Waals surface area contributed by atoms with Crippen LogP contribution < -0.4 is 4.74 Å². The Kier molecular flexibility index (Phi) is 7.23. The minimum atomic E-state index is -3.57. The Balaban J connectivity index is 1.43. The number of methoxy groups -OCH3 is 1. The molecule has 1 aliphatic carbocycles. The maximum Gasteiger partial charge on any atom is 0.206 e. The van der Waals surface area contributed by atoms with Crippen LogP contribution in [0.4, 0.5) is 0 Å². The highest BCUT2D eigenvalue weighted by Gasteiger charge is 2.32. The topological polar surface area (TPSA) is 49.9 Å². The van der Waals surface area contributed by atoms with Gasteiger partial charge in [-0.15, -0.1) is 0 Å². The summed E-state index contributed by atoms with van der Waals surface area (Å²) in [6, 6.07) is 15.6. The van der Waals surface area contributed by atoms with Crippen molar-refractivity contribution < 1.29 is 13.2 Å². The molecule has 0 radical (unpaired) electrons. The van der Waals surface area contributed by atoms with E-state index in [-0.39, 0.29) is 10.9 Å². The fourth-order valence-electron chi connectivity index (χ4n) is 5.35. The number of nitrogens with zero attached hydrogens (tertiary/aromatic N) is 2. The molecule has 0 aromatic heterocycles. The van der Waals surface area contributed by atoms with E-state index in [0.29, 0.717) is 16.7 Å². The molecule has 2 aromatic carbocycles. The normalized spacial score (nSPS) is 22.5. The summed E-state index contributed by atoms with van der Waals surface area (Å²) in [5, 5.41) is 0. The Morgan fingerprint density at radius 1 is 0.969 bits per heavy atom. The quantitative estimate of drug-likeness (QED) is 0.617. The van der Waals surface area contributed by atoms with Crippen LogP contribution in [0.1, 0.15) is 57.6 Å². The molecule has 1 unspecified atom stereocenters. The summed E-state index contributed by atoms with van der Waals surface area (Å²) in [5.74, 6) is 0.540. The maximum absolute atomic E-state index is 13.0. The van der Waals surface area contributed by atoms with Gasteiger partial charge in [0.25, 0.3) is 0 Å². The average Bonchev–Trinajstić information content (AvgIpc) is 2.84. The van der Waals surface area contributed by atoms with Crippen molar-refractivity contribution in [2.45, 2.75) is 73.9 Å². The van der Waals surface area contributed by atoms with Crippen LogP contribution in [0.2, 0.25) is 0 Å². The first-order valence-electron chi connectivity index (χ1n) is 11.9. The van der Waals surface area contributed by atoms with Gasteiger partial charge in [-0.25, -0.2) is 8.42 Å². The predicted molar refractivity (Wildman–Crippen MR) is 128 cm³/mol. The zero-order chi connectivity index (χ0) is 22.7. The van der Waals surface area contributed by atoms with Gasteiger partial charge in [-0.2, -0.15) is 0 Å². The van der Waals surface area contributed by atoms with E-state index < -0.39 is 9.84 Å². The van der Waals surface area contributed by atoms with Gasteiger partial charge in [-0.3, -0.25) is 9.80 Å². The fourth-order valence-corrected chi connectivity index (χ4v) is 6.64. The van der Waals surface area contributed by atoms with Gasteiger partial charge in [0, 0.05) is 37.8 Å². The van der Waals surface area contributed by atoms with Crippen LogP contribution >= 0.6 is 0 Å². The van der Waals surface area contributed by atoms with Crippen LogP contribution in [0.3, 0.4) is 0 Å². The predicted octanol–water partition coefficient (Wildman–Crippen LogP) is 4.93. The van der Waals surface area contributed by atoms with E-state index >= 15 is 0 Å². The molecular weight excluding hydrogens is 420 g/mol. The zero-order valence-corrected chi connectivity index (χ0v) is 20.4. The molecule has 1 heterocycles. The van der Waals surface area contributed by atoms with Crippen molar-refractivity contribution in [2.24, 2.45) is 0 Å². The van der Waals surface area contributed by atoms with E-state index in [2.05, 4.69) is 23.6 Å². The minimum Gasteiger partial charge on any atom is -0.497 e. The molecule has 2 aliphatic rings. The van der Waals surface area contributed by atoms with Crippen molar-refractivity contribution in [3.05, 3.63) is 54.1 Å². The molecule has 2 fully saturated rings. The molecule has 0 spiro atoms. The molecule has 2 aromatic rings. The number of sulfone groups is 1. The van der Waals surface area contributed by atoms with E-state index in [9.17, 15) is 8.42 Å². The van der Waals surface area contributed by atoms with Crippen LogP contribution in [0.25, 0.3) is 0 Å². The Labute approximate surface area is 193 Å². The summed E-state index contributed by atoms with van der Waals surface area (Å²) in [4.78, 5) is 5.84. The first-order chi connectivity index (χ1) is 15.4. The minimum absolute atomic E-state index is 0.255. The number of benzene rings is 2. The van der Waals surface area contributed by atoms with Gasteiger partial charge in [0.15, 0.2) is 0 Å². The number of hydrogen-bond acceptors (Lipinski definition) is 5. The van der Waals surface area contributed by atoms with Crippen LogP contribution in [0.5, 0.6) is 5.75 Å². The second kappa shape index (κ2) is 9.94. The van der Waals surface area contributed by atoms with Gasteiger partial charge in [-0.1, -0.05) is 37.5 Å². The SMILES string of the molecule is COc1cccc(S(=O)(=O)c2ccc(C(C)N3CCN(C4CCCCC4)[C@@H](C)C3)cc2)c1. The molecule has 1 saturated carbocycles. The molecule has 0 amide bonds. The standard InChI is InChI=1S/C26H36N2O3S/c1-20-19-27(16-17-28(20)23-8-5-4-6-9-23)21(2)22-12-14-25(15-13-22)32(29,30)26-11-7-10-24(18-26)31-3/h7,10-15,18,20-21,23H,4-6,8-9,16-17,19H2,1-3H3/t20-,21?/m0/s1. The van der Waals surface area contributed by atoms with Crippen molar-refractivity contribution in [1.29, 1.82) is 0 Å². The molecule has 1 aliphatic heterocycles. The summed E-state index contributed by atoms with van der Waals surface area (Å²) in [5.41, 5.74) is 1.16. The molecule has 5 nitrogen and oxygen atoms in total. The monoisotopic (exact) mass is 456 g/mol. The molecule has 2 atom stereocenters. The summed E-state index contributed by atoms with van der Waals surface area (Å²) < 4.78 is 31.3. The third kappa shape index (κ3) is 4.87. The first kappa shape index (κ1) is 23.3. The molecule has 0 N–H and O–H groups in total. The third-order valence-electron chi connectivity index (χ3n) is 7.33. The van der Waals surface area contributed by atoms with E-state index in [1.807, 2.05) is 12.1 Å². The van der Waals surface area contributed by atoms with Crippen molar-refractivity contribution in [1.82, 2.24) is 9.80 Å². The largest absolute Gasteiger partial charge is 0.497 e. The number of piperazine rings is 1. The Morgan fingerprint density at radius 3 is 2.34 bits per heavy atom. The summed E-state index contributed by atoms with van der Waals surface area (Å²) in [6.45, 7) is 7.83. The van der Waals surface area contributed by atoms with Crippen LogP contribution in [-0.4, -0.2) is 57.0 Å². The zero-order valence-electron chi connectivity index (χ0n) is 19.5. The highest BCUT2D eigenvalue weighted by atomic mass is 32.2. The van der Waals surface area contributed by atoms with Crippen LogP contribution in [-0.2, 0) is 9.84 Å². The molecule has 6 heteroatoms. The van der Waals surface area contributed by atoms with Crippen molar-refractivity contribution in [3.63, 3.8) is 0 Å². The fraction of sp³-hybridized carbons (Fsp3) is 0.538. The van der Waals surface area contributed by atoms with E-state index in [1.54, 1.807) is 36.4 Å². The van der Waals surface area contributed by atoms with Gasteiger partial charge in [0.2, 0.25) is 9.84 Å². The average molecular weight is 457 g/mol. The Morgan fingerprint density at radius 2 is 1.69 bits per heavy atom. The molecule has 1 saturated heterocycles. The highest BCUT2D eigenvalue weighted by Crippen LogP contribution is 2.30. The molecule has 174 valence electrons. The number of hydrogen-bond donors (Lipinski definition) is 0. The Bertz CT molecular complexity index is 1000. The maximum atomic E-state index is 13.0. The lowest BCUT2D eigenvalue weighted by Gasteiger charge is -2.46. The molecule has 32 heavy (non-hydrogen) atoms. The summed E-state index contributed by atoms with van der Waals surface area (Å²) in [6.07, 6.45) is 6.84. The number of ether oxygens (including phenoxy) is 1. The van der Waals surface area contributed by atoms with E-state index in [4.69, 9.17) is 4.74 Å². The van der Waals surface area contributed by atoms with Gasteiger partial charge in [0.05, 0.1) is 16.9 Å². The van der Waals surface area contributed by atoms with Crippen LogP contribution in [0, 0.1) is 0 Å². The van der Waals surface area contributed by atoms with Crippen molar-refractivity contribution >= 4 is 9.84 Å². The number of rotatable bonds is 6. The van der Waals surface area contributed by atoms with Crippen molar-refractivity contribution in [3.8, 4) is 5.75 Å². The molecule has 4 rings (SSSR count). The van der Waals surface area contributed by atoms with Crippen molar-refractivity contribution in [2.75, 3.05) is 26.7 Å². The third-order valence-corrected chi connectivity index (χ3v) is 9.09. The van der Waals surface area contributed by atoms with E-state index in [1.165, 1.54) is 39.2 Å². The lowest BCUT2D eigenvalue weighted by molar-refractivity contribution is 0.0196. The highest BCUT2D eigenvalue weighted by molar-refractivity contribution is 7.91. The van der Waals surface area contributed by atoms with E-state index in [0.717, 1.165) is 31.2 Å². The second-order valence-electron chi connectivity index (χ2n) is 9.30. The second-order valence-corrected chi connectivity index (χ2v) is 11.3. The molecular formula is C26H36N2O3S. The first-order valence-corrected chi connectivity index (χ1v) is 13.4. The molecule has 0 bridgehead atoms. The van der Waals surface area contributed by atoms with Crippen LogP contribution in [0.15, 0.2) is 58.3 Å². The Hall–Kier alpha value is -1.89. The lowest BCUT2D eigenvalue weighted by Crippen LogP contribution is -2.56. The summed E-state index contributed by atoms with van der Waals surface area (Å²) in [7, 11) is -2.03. The summed E-state index contributed by atoms with van der Waals surface area (Å²) >= 11 is 0.